The van der Waals surface area contributed by atoms with Crippen molar-refractivity contribution in [2.45, 2.75) is 18.9 Å². The topological polar surface area (TPSA) is 63.7 Å². The monoisotopic (exact) mass is 283 g/mol. The fourth-order valence-corrected chi connectivity index (χ4v) is 3.55. The van der Waals surface area contributed by atoms with Gasteiger partial charge in [-0.1, -0.05) is 24.3 Å². The number of carbonyl (C=O) groups is 1. The molecule has 1 aliphatic heterocycles. The van der Waals surface area contributed by atoms with Crippen molar-refractivity contribution in [1.29, 1.82) is 0 Å². The molecule has 0 saturated heterocycles. The number of benzene rings is 1. The lowest BCUT2D eigenvalue weighted by atomic mass is 9.92. The maximum atomic E-state index is 11.9. The Bertz CT molecular complexity index is 582. The molecule has 0 unspecified atom stereocenters. The number of rotatable bonds is 3. The molecule has 1 aliphatic rings. The second-order valence-electron chi connectivity index (χ2n) is 4.62. The first-order valence-electron chi connectivity index (χ1n) is 6.05. The molecule has 6 heteroatoms. The first-order valence-corrected chi connectivity index (χ1v) is 7.89. The van der Waals surface area contributed by atoms with Gasteiger partial charge in [0.1, 0.15) is 0 Å². The van der Waals surface area contributed by atoms with Crippen molar-refractivity contribution in [1.82, 2.24) is 4.31 Å². The van der Waals surface area contributed by atoms with Gasteiger partial charge in [0.2, 0.25) is 10.0 Å². The Kier molecular flexibility index (Phi) is 3.91. The van der Waals surface area contributed by atoms with Crippen LogP contribution in [0.2, 0.25) is 0 Å². The molecule has 0 spiro atoms. The predicted octanol–water partition coefficient (Wildman–Crippen LogP) is 1.11. The Labute approximate surface area is 113 Å². The van der Waals surface area contributed by atoms with Gasteiger partial charge in [0, 0.05) is 6.54 Å². The summed E-state index contributed by atoms with van der Waals surface area (Å²) in [7, 11) is -2.04. The molecule has 104 valence electrons. The lowest BCUT2D eigenvalue weighted by Gasteiger charge is -2.34. The molecular formula is C13H17NO4S. The van der Waals surface area contributed by atoms with Gasteiger partial charge in [-0.2, -0.15) is 4.31 Å². The van der Waals surface area contributed by atoms with Crippen LogP contribution in [0.3, 0.4) is 0 Å². The van der Waals surface area contributed by atoms with Crippen LogP contribution in [0, 0.1) is 0 Å². The third-order valence-electron chi connectivity index (χ3n) is 3.38. The highest BCUT2D eigenvalue weighted by atomic mass is 32.2. The summed E-state index contributed by atoms with van der Waals surface area (Å²) in [4.78, 5) is 11.5. The average molecular weight is 283 g/mol. The Balaban J connectivity index is 2.42. The second kappa shape index (κ2) is 5.30. The smallest absolute Gasteiger partial charge is 0.307 e. The molecule has 0 aliphatic carbocycles. The van der Waals surface area contributed by atoms with Crippen molar-refractivity contribution in [2.24, 2.45) is 0 Å². The van der Waals surface area contributed by atoms with Gasteiger partial charge >= 0.3 is 5.97 Å². The normalized spacial score (nSPS) is 19.8. The zero-order chi connectivity index (χ0) is 14.0. The first kappa shape index (κ1) is 14.0. The van der Waals surface area contributed by atoms with Gasteiger partial charge in [0.15, 0.2) is 0 Å². The molecule has 1 heterocycles. The summed E-state index contributed by atoms with van der Waals surface area (Å²) in [6.45, 7) is 0.400. The summed E-state index contributed by atoms with van der Waals surface area (Å²) in [5, 5.41) is 0. The first-order chi connectivity index (χ1) is 8.93. The van der Waals surface area contributed by atoms with E-state index in [9.17, 15) is 13.2 Å². The van der Waals surface area contributed by atoms with E-state index in [1.807, 2.05) is 24.3 Å². The second-order valence-corrected chi connectivity index (χ2v) is 6.55. The summed E-state index contributed by atoms with van der Waals surface area (Å²) in [6.07, 6.45) is 1.88. The van der Waals surface area contributed by atoms with Crippen molar-refractivity contribution in [2.75, 3.05) is 19.9 Å². The minimum Gasteiger partial charge on any atom is -0.469 e. The largest absolute Gasteiger partial charge is 0.469 e. The maximum Gasteiger partial charge on any atom is 0.307 e. The van der Waals surface area contributed by atoms with Crippen molar-refractivity contribution in [3.05, 3.63) is 35.4 Å². The van der Waals surface area contributed by atoms with E-state index in [0.29, 0.717) is 13.0 Å². The highest BCUT2D eigenvalue weighted by Gasteiger charge is 2.34. The molecule has 1 aromatic rings. The average Bonchev–Trinajstić information content (AvgIpc) is 2.37. The standard InChI is InChI=1S/C13H17NO4S/c1-18-13(15)9-12-11-6-4-3-5-10(11)7-8-14(12)19(2,16)17/h3-6,12H,7-9H2,1-2H3/t12-/m1/s1. The van der Waals surface area contributed by atoms with Gasteiger partial charge in [-0.05, 0) is 17.5 Å². The van der Waals surface area contributed by atoms with Crippen LogP contribution in [0.5, 0.6) is 0 Å². The van der Waals surface area contributed by atoms with Crippen molar-refractivity contribution < 1.29 is 17.9 Å². The lowest BCUT2D eigenvalue weighted by molar-refractivity contribution is -0.141. The molecule has 1 aromatic carbocycles. The van der Waals surface area contributed by atoms with Crippen LogP contribution in [0.25, 0.3) is 0 Å². The SMILES string of the molecule is COC(=O)C[C@@H]1c2ccccc2CCN1S(C)(=O)=O. The van der Waals surface area contributed by atoms with E-state index >= 15 is 0 Å². The van der Waals surface area contributed by atoms with Crippen LogP contribution in [0.1, 0.15) is 23.6 Å². The van der Waals surface area contributed by atoms with Crippen molar-refractivity contribution in [3.63, 3.8) is 0 Å². The van der Waals surface area contributed by atoms with Gasteiger partial charge in [-0.3, -0.25) is 4.79 Å². The van der Waals surface area contributed by atoms with Crippen molar-refractivity contribution >= 4 is 16.0 Å². The number of carbonyl (C=O) groups excluding carboxylic acids is 1. The summed E-state index contributed by atoms with van der Waals surface area (Å²) < 4.78 is 29.8. The Morgan fingerprint density at radius 1 is 1.42 bits per heavy atom. The Hall–Kier alpha value is -1.40. The van der Waals surface area contributed by atoms with Gasteiger partial charge < -0.3 is 4.74 Å². The summed E-state index contributed by atoms with van der Waals surface area (Å²) in [5.41, 5.74) is 1.99. The quantitative estimate of drug-likeness (QED) is 0.780. The molecule has 0 fully saturated rings. The number of hydrogen-bond donors (Lipinski definition) is 0. The number of esters is 1. The molecule has 1 atom stereocenters. The third kappa shape index (κ3) is 2.96. The molecule has 0 amide bonds. The van der Waals surface area contributed by atoms with Crippen molar-refractivity contribution in [3.8, 4) is 0 Å². The fourth-order valence-electron chi connectivity index (χ4n) is 2.48. The summed E-state index contributed by atoms with van der Waals surface area (Å²) in [6, 6.07) is 7.16. The number of sulfonamides is 1. The number of nitrogens with zero attached hydrogens (tertiary/aromatic N) is 1. The van der Waals surface area contributed by atoms with E-state index in [1.165, 1.54) is 17.7 Å². The maximum absolute atomic E-state index is 11.9. The fraction of sp³-hybridized carbons (Fsp3) is 0.462. The molecule has 0 N–H and O–H groups in total. The Morgan fingerprint density at radius 3 is 2.74 bits per heavy atom. The Morgan fingerprint density at radius 2 is 2.11 bits per heavy atom. The van der Waals surface area contributed by atoms with E-state index in [0.717, 1.165) is 11.1 Å². The van der Waals surface area contributed by atoms with Crippen LogP contribution < -0.4 is 0 Å². The van der Waals surface area contributed by atoms with E-state index < -0.39 is 22.0 Å². The molecule has 0 saturated carbocycles. The van der Waals surface area contributed by atoms with Gasteiger partial charge in [0.25, 0.3) is 0 Å². The van der Waals surface area contributed by atoms with Gasteiger partial charge in [-0.15, -0.1) is 0 Å². The summed E-state index contributed by atoms with van der Waals surface area (Å²) >= 11 is 0. The number of fused-ring (bicyclic) bond motifs is 1. The van der Waals surface area contributed by atoms with Crippen LogP contribution in [0.4, 0.5) is 0 Å². The van der Waals surface area contributed by atoms with Crippen LogP contribution in [-0.2, 0) is 26.0 Å². The summed E-state index contributed by atoms with van der Waals surface area (Å²) in [5.74, 6) is -0.407. The minimum atomic E-state index is -3.35. The molecule has 0 radical (unpaired) electrons. The van der Waals surface area contributed by atoms with Gasteiger partial charge in [-0.25, -0.2) is 8.42 Å². The van der Waals surface area contributed by atoms with E-state index in [2.05, 4.69) is 4.74 Å². The molecular weight excluding hydrogens is 266 g/mol. The highest BCUT2D eigenvalue weighted by molar-refractivity contribution is 7.88. The molecule has 0 bridgehead atoms. The van der Waals surface area contributed by atoms with E-state index in [-0.39, 0.29) is 6.42 Å². The zero-order valence-electron chi connectivity index (χ0n) is 11.0. The predicted molar refractivity (Wildman–Crippen MR) is 71.1 cm³/mol. The molecule has 5 nitrogen and oxygen atoms in total. The lowest BCUT2D eigenvalue weighted by Crippen LogP contribution is -2.40. The van der Waals surface area contributed by atoms with Gasteiger partial charge in [0.05, 0.1) is 25.8 Å². The van der Waals surface area contributed by atoms with E-state index in [4.69, 9.17) is 0 Å². The third-order valence-corrected chi connectivity index (χ3v) is 4.67. The molecule has 19 heavy (non-hydrogen) atoms. The molecule has 0 aromatic heterocycles. The highest BCUT2D eigenvalue weighted by Crippen LogP contribution is 2.33. The number of methoxy groups -OCH3 is 1. The van der Waals surface area contributed by atoms with Crippen LogP contribution in [-0.4, -0.2) is 38.6 Å². The number of hydrogen-bond acceptors (Lipinski definition) is 4. The minimum absolute atomic E-state index is 0.0422. The van der Waals surface area contributed by atoms with Crippen LogP contribution >= 0.6 is 0 Å². The number of ether oxygens (including phenoxy) is 1. The molecule has 2 rings (SSSR count). The zero-order valence-corrected chi connectivity index (χ0v) is 11.8. The van der Waals surface area contributed by atoms with E-state index in [1.54, 1.807) is 0 Å². The van der Waals surface area contributed by atoms with Crippen LogP contribution in [0.15, 0.2) is 24.3 Å².